The van der Waals surface area contributed by atoms with Gasteiger partial charge in [-0.25, -0.2) is 0 Å². The van der Waals surface area contributed by atoms with Crippen LogP contribution in [0.25, 0.3) is 0 Å². The van der Waals surface area contributed by atoms with Gasteiger partial charge in [0.15, 0.2) is 5.78 Å². The quantitative estimate of drug-likeness (QED) is 0.740. The zero-order chi connectivity index (χ0) is 10.1. The van der Waals surface area contributed by atoms with Crippen LogP contribution in [-0.4, -0.2) is 5.78 Å². The third-order valence-corrected chi connectivity index (χ3v) is 4.65. The van der Waals surface area contributed by atoms with Gasteiger partial charge in [-0.3, -0.25) is 4.79 Å². The number of thiophene rings is 1. The fourth-order valence-electron chi connectivity index (χ4n) is 2.12. The number of ketones is 1. The molecule has 76 valence electrons. The Morgan fingerprint density at radius 2 is 2.29 bits per heavy atom. The standard InChI is InChI=1S/C11H13BrOS/c1-7-2-3-8(4-7)11(13)9-5-14-6-10(9)12/h5-8H,2-4H2,1H3. The Labute approximate surface area is 96.6 Å². The van der Waals surface area contributed by atoms with Gasteiger partial charge in [-0.05, 0) is 41.1 Å². The highest BCUT2D eigenvalue weighted by molar-refractivity contribution is 9.10. The normalized spacial score (nSPS) is 26.7. The molecular weight excluding hydrogens is 260 g/mol. The van der Waals surface area contributed by atoms with E-state index in [1.54, 1.807) is 11.3 Å². The van der Waals surface area contributed by atoms with Crippen molar-refractivity contribution in [3.63, 3.8) is 0 Å². The van der Waals surface area contributed by atoms with Crippen molar-refractivity contribution in [1.29, 1.82) is 0 Å². The summed E-state index contributed by atoms with van der Waals surface area (Å²) >= 11 is 5.01. The minimum absolute atomic E-state index is 0.274. The summed E-state index contributed by atoms with van der Waals surface area (Å²) in [5.41, 5.74) is 0.883. The molecule has 3 heteroatoms. The van der Waals surface area contributed by atoms with Gasteiger partial charge in [0, 0.05) is 26.7 Å². The van der Waals surface area contributed by atoms with Gasteiger partial charge in [-0.1, -0.05) is 6.92 Å². The van der Waals surface area contributed by atoms with E-state index in [1.165, 1.54) is 6.42 Å². The zero-order valence-electron chi connectivity index (χ0n) is 8.13. The Morgan fingerprint density at radius 1 is 1.50 bits per heavy atom. The monoisotopic (exact) mass is 272 g/mol. The van der Waals surface area contributed by atoms with Crippen molar-refractivity contribution in [2.45, 2.75) is 26.2 Å². The predicted octanol–water partition coefficient (Wildman–Crippen LogP) is 4.13. The maximum absolute atomic E-state index is 12.1. The topological polar surface area (TPSA) is 17.1 Å². The molecule has 1 aromatic rings. The molecule has 1 aromatic heterocycles. The molecule has 2 atom stereocenters. The van der Waals surface area contributed by atoms with Gasteiger partial charge >= 0.3 is 0 Å². The van der Waals surface area contributed by atoms with Crippen molar-refractivity contribution in [2.24, 2.45) is 11.8 Å². The summed E-state index contributed by atoms with van der Waals surface area (Å²) in [5.74, 6) is 1.33. The molecule has 1 heterocycles. The molecule has 0 amide bonds. The van der Waals surface area contributed by atoms with Crippen LogP contribution in [0.1, 0.15) is 36.5 Å². The molecule has 0 bridgehead atoms. The molecule has 2 rings (SSSR count). The Kier molecular flexibility index (Phi) is 3.07. The van der Waals surface area contributed by atoms with Crippen molar-refractivity contribution >= 4 is 33.0 Å². The first-order valence-corrected chi connectivity index (χ1v) is 6.68. The summed E-state index contributed by atoms with van der Waals surface area (Å²) in [7, 11) is 0. The minimum atomic E-state index is 0.274. The summed E-state index contributed by atoms with van der Waals surface area (Å²) in [4.78, 5) is 12.1. The van der Waals surface area contributed by atoms with Crippen LogP contribution in [0.3, 0.4) is 0 Å². The van der Waals surface area contributed by atoms with Gasteiger partial charge in [-0.2, -0.15) is 11.3 Å². The fraction of sp³-hybridized carbons (Fsp3) is 0.545. The van der Waals surface area contributed by atoms with Crippen LogP contribution in [0.5, 0.6) is 0 Å². The highest BCUT2D eigenvalue weighted by Crippen LogP contribution is 2.34. The molecule has 0 saturated heterocycles. The van der Waals surface area contributed by atoms with E-state index in [2.05, 4.69) is 22.9 Å². The van der Waals surface area contributed by atoms with Gasteiger partial charge in [-0.15, -0.1) is 0 Å². The van der Waals surface area contributed by atoms with Gasteiger partial charge < -0.3 is 0 Å². The molecule has 1 aliphatic carbocycles. The first-order chi connectivity index (χ1) is 6.68. The van der Waals surface area contributed by atoms with Crippen molar-refractivity contribution in [3.8, 4) is 0 Å². The molecule has 1 nitrogen and oxygen atoms in total. The molecule has 14 heavy (non-hydrogen) atoms. The summed E-state index contributed by atoms with van der Waals surface area (Å²) < 4.78 is 0.965. The SMILES string of the molecule is CC1CCC(C(=O)c2cscc2Br)C1. The van der Waals surface area contributed by atoms with E-state index in [9.17, 15) is 4.79 Å². The van der Waals surface area contributed by atoms with Crippen molar-refractivity contribution in [1.82, 2.24) is 0 Å². The molecule has 0 aromatic carbocycles. The second kappa shape index (κ2) is 4.15. The molecule has 0 N–H and O–H groups in total. The van der Waals surface area contributed by atoms with Gasteiger partial charge in [0.1, 0.15) is 0 Å². The van der Waals surface area contributed by atoms with Crippen LogP contribution in [0.4, 0.5) is 0 Å². The number of carbonyl (C=O) groups is 1. The molecule has 0 aliphatic heterocycles. The first-order valence-electron chi connectivity index (χ1n) is 4.94. The lowest BCUT2D eigenvalue weighted by atomic mass is 9.97. The zero-order valence-corrected chi connectivity index (χ0v) is 10.5. The summed E-state index contributed by atoms with van der Waals surface area (Å²) in [6, 6.07) is 0. The van der Waals surface area contributed by atoms with Gasteiger partial charge in [0.05, 0.1) is 0 Å². The van der Waals surface area contributed by atoms with Crippen LogP contribution in [0.2, 0.25) is 0 Å². The lowest BCUT2D eigenvalue weighted by Gasteiger charge is -2.07. The van der Waals surface area contributed by atoms with E-state index < -0.39 is 0 Å². The van der Waals surface area contributed by atoms with Crippen LogP contribution in [0.15, 0.2) is 15.2 Å². The number of halogens is 1. The largest absolute Gasteiger partial charge is 0.294 e. The van der Waals surface area contributed by atoms with E-state index in [1.807, 2.05) is 10.8 Å². The van der Waals surface area contributed by atoms with E-state index in [4.69, 9.17) is 0 Å². The average molecular weight is 273 g/mol. The lowest BCUT2D eigenvalue weighted by molar-refractivity contribution is 0.0920. The maximum Gasteiger partial charge on any atom is 0.167 e. The third kappa shape index (κ3) is 1.94. The molecule has 0 radical (unpaired) electrons. The molecule has 1 fully saturated rings. The Hall–Kier alpha value is -0.150. The van der Waals surface area contributed by atoms with Gasteiger partial charge in [0.25, 0.3) is 0 Å². The van der Waals surface area contributed by atoms with Crippen LogP contribution in [-0.2, 0) is 0 Å². The minimum Gasteiger partial charge on any atom is -0.294 e. The second-order valence-electron chi connectivity index (χ2n) is 4.11. The van der Waals surface area contributed by atoms with Crippen molar-refractivity contribution in [2.75, 3.05) is 0 Å². The first kappa shape index (κ1) is 10.4. The summed E-state index contributed by atoms with van der Waals surface area (Å²) in [6.45, 7) is 2.23. The number of hydrogen-bond acceptors (Lipinski definition) is 2. The summed E-state index contributed by atoms with van der Waals surface area (Å²) in [6.07, 6.45) is 3.35. The van der Waals surface area contributed by atoms with E-state index >= 15 is 0 Å². The smallest absolute Gasteiger partial charge is 0.167 e. The Bertz CT molecular complexity index is 345. The van der Waals surface area contributed by atoms with Crippen LogP contribution in [0, 0.1) is 11.8 Å². The molecule has 2 unspecified atom stereocenters. The van der Waals surface area contributed by atoms with Crippen molar-refractivity contribution < 1.29 is 4.79 Å². The van der Waals surface area contributed by atoms with E-state index in [0.717, 1.165) is 28.8 Å². The van der Waals surface area contributed by atoms with Crippen LogP contribution >= 0.6 is 27.3 Å². The molecule has 1 aliphatic rings. The second-order valence-corrected chi connectivity index (χ2v) is 5.71. The van der Waals surface area contributed by atoms with E-state index in [0.29, 0.717) is 5.78 Å². The predicted molar refractivity (Wildman–Crippen MR) is 62.9 cm³/mol. The van der Waals surface area contributed by atoms with Crippen LogP contribution < -0.4 is 0 Å². The van der Waals surface area contributed by atoms with Gasteiger partial charge in [0.2, 0.25) is 0 Å². The number of carbonyl (C=O) groups excluding carboxylic acids is 1. The highest BCUT2D eigenvalue weighted by Gasteiger charge is 2.29. The Balaban J connectivity index is 2.13. The number of hydrogen-bond donors (Lipinski definition) is 0. The average Bonchev–Trinajstić information content (AvgIpc) is 2.73. The third-order valence-electron chi connectivity index (χ3n) is 2.95. The maximum atomic E-state index is 12.1. The fourth-order valence-corrected chi connectivity index (χ4v) is 3.60. The summed E-state index contributed by atoms with van der Waals surface area (Å²) in [5, 5.41) is 3.93. The lowest BCUT2D eigenvalue weighted by Crippen LogP contribution is -2.11. The number of rotatable bonds is 2. The molecule has 1 saturated carbocycles. The molecule has 0 spiro atoms. The van der Waals surface area contributed by atoms with E-state index in [-0.39, 0.29) is 5.92 Å². The number of Topliss-reactive ketones (excluding diaryl/α,β-unsaturated/α-hetero) is 1. The highest BCUT2D eigenvalue weighted by atomic mass is 79.9. The van der Waals surface area contributed by atoms with Crippen molar-refractivity contribution in [3.05, 3.63) is 20.8 Å². The Morgan fingerprint density at radius 3 is 2.79 bits per heavy atom. The molecular formula is C11H13BrOS.